The van der Waals surface area contributed by atoms with Gasteiger partial charge in [-0.05, 0) is 24.1 Å². The van der Waals surface area contributed by atoms with Crippen LogP contribution in [0.15, 0.2) is 23.1 Å². The van der Waals surface area contributed by atoms with Gasteiger partial charge in [0.25, 0.3) is 0 Å². The molecule has 2 heterocycles. The molecular formula is C10H14ClN3S. The lowest BCUT2D eigenvalue weighted by Crippen LogP contribution is -2.43. The van der Waals surface area contributed by atoms with Gasteiger partial charge >= 0.3 is 0 Å². The minimum Gasteiger partial charge on any atom is -0.366 e. The first-order valence-corrected chi connectivity index (χ1v) is 5.78. The van der Waals surface area contributed by atoms with Crippen LogP contribution in [0, 0.1) is 0 Å². The van der Waals surface area contributed by atoms with E-state index >= 15 is 0 Å². The highest BCUT2D eigenvalue weighted by Gasteiger charge is 2.22. The average Bonchev–Trinajstić information content (AvgIpc) is 2.50. The molecule has 15 heavy (non-hydrogen) atoms. The van der Waals surface area contributed by atoms with Crippen LogP contribution in [-0.2, 0) is 0 Å². The number of nitrogens with one attached hydrogen (secondary N) is 2. The fourth-order valence-electron chi connectivity index (χ4n) is 2.01. The van der Waals surface area contributed by atoms with Crippen molar-refractivity contribution in [3.05, 3.63) is 18.2 Å². The van der Waals surface area contributed by atoms with Crippen LogP contribution in [-0.4, -0.2) is 26.2 Å². The van der Waals surface area contributed by atoms with Gasteiger partial charge in [-0.15, -0.1) is 12.4 Å². The fraction of sp³-hybridized carbons (Fsp3) is 0.400. The second-order valence-corrected chi connectivity index (χ2v) is 4.44. The Hall–Kier alpha value is -0.580. The molecule has 1 saturated heterocycles. The summed E-state index contributed by atoms with van der Waals surface area (Å²) in [5.41, 5.74) is 2.67. The van der Waals surface area contributed by atoms with Crippen LogP contribution < -0.4 is 14.9 Å². The van der Waals surface area contributed by atoms with E-state index in [4.69, 9.17) is 0 Å². The molecule has 2 aliphatic rings. The number of nitrogens with zero attached hydrogens (tertiary/aromatic N) is 1. The molecule has 1 aromatic rings. The van der Waals surface area contributed by atoms with E-state index in [2.05, 4.69) is 33.1 Å². The molecule has 82 valence electrons. The van der Waals surface area contributed by atoms with E-state index in [1.54, 1.807) is 11.9 Å². The predicted molar refractivity (Wildman–Crippen MR) is 68.3 cm³/mol. The van der Waals surface area contributed by atoms with Crippen LogP contribution in [0.25, 0.3) is 0 Å². The van der Waals surface area contributed by atoms with Gasteiger partial charge in [0.2, 0.25) is 0 Å². The number of rotatable bonds is 1. The van der Waals surface area contributed by atoms with Crippen LogP contribution in [0.4, 0.5) is 11.4 Å². The molecule has 0 radical (unpaired) electrons. The largest absolute Gasteiger partial charge is 0.366 e. The third kappa shape index (κ3) is 1.89. The molecular weight excluding hydrogens is 230 g/mol. The molecule has 0 saturated carbocycles. The number of benzene rings is 1. The third-order valence-electron chi connectivity index (χ3n) is 2.70. The summed E-state index contributed by atoms with van der Waals surface area (Å²) in [4.78, 5) is 3.83. The van der Waals surface area contributed by atoms with Crippen LogP contribution in [0.2, 0.25) is 0 Å². The lowest BCUT2D eigenvalue weighted by molar-refractivity contribution is 0.588. The zero-order chi connectivity index (χ0) is 9.38. The van der Waals surface area contributed by atoms with Crippen molar-refractivity contribution in [1.29, 1.82) is 0 Å². The van der Waals surface area contributed by atoms with Crippen molar-refractivity contribution in [1.82, 2.24) is 5.32 Å². The van der Waals surface area contributed by atoms with E-state index in [1.807, 2.05) is 0 Å². The Morgan fingerprint density at radius 3 is 2.73 bits per heavy atom. The Labute approximate surface area is 100 Å². The highest BCUT2D eigenvalue weighted by Crippen LogP contribution is 2.44. The normalized spacial score (nSPS) is 18.3. The second-order valence-electron chi connectivity index (χ2n) is 3.59. The Balaban J connectivity index is 0.000000853. The molecule has 0 aromatic heterocycles. The molecule has 2 bridgehead atoms. The lowest BCUT2D eigenvalue weighted by atomic mass is 10.2. The van der Waals surface area contributed by atoms with E-state index in [0.29, 0.717) is 0 Å². The molecule has 1 aromatic carbocycles. The molecule has 0 atom stereocenters. The van der Waals surface area contributed by atoms with Gasteiger partial charge in [0.15, 0.2) is 0 Å². The SMILES string of the molecule is Cl.c1cc2c(N3CCNCC3)c(c1)SN2. The van der Waals surface area contributed by atoms with E-state index in [1.165, 1.54) is 16.3 Å². The van der Waals surface area contributed by atoms with Crippen molar-refractivity contribution in [2.45, 2.75) is 4.90 Å². The monoisotopic (exact) mass is 243 g/mol. The van der Waals surface area contributed by atoms with Gasteiger partial charge in [-0.2, -0.15) is 0 Å². The van der Waals surface area contributed by atoms with E-state index in [9.17, 15) is 0 Å². The lowest BCUT2D eigenvalue weighted by Gasteiger charge is -2.29. The zero-order valence-corrected chi connectivity index (χ0v) is 9.96. The van der Waals surface area contributed by atoms with E-state index in [-0.39, 0.29) is 12.4 Å². The van der Waals surface area contributed by atoms with Crippen LogP contribution >= 0.6 is 24.4 Å². The molecule has 3 rings (SSSR count). The number of piperazine rings is 1. The molecule has 2 N–H and O–H groups in total. The van der Waals surface area contributed by atoms with E-state index in [0.717, 1.165) is 26.2 Å². The maximum absolute atomic E-state index is 3.37. The van der Waals surface area contributed by atoms with Crippen molar-refractivity contribution in [3.63, 3.8) is 0 Å². The fourth-order valence-corrected chi connectivity index (χ4v) is 2.88. The van der Waals surface area contributed by atoms with Gasteiger partial charge < -0.3 is 14.9 Å². The summed E-state index contributed by atoms with van der Waals surface area (Å²) >= 11 is 1.73. The number of anilines is 2. The molecule has 2 aliphatic heterocycles. The minimum absolute atomic E-state index is 0. The maximum Gasteiger partial charge on any atom is 0.0767 e. The smallest absolute Gasteiger partial charge is 0.0767 e. The summed E-state index contributed by atoms with van der Waals surface area (Å²) in [5.74, 6) is 0. The van der Waals surface area contributed by atoms with Crippen LogP contribution in [0.1, 0.15) is 0 Å². The Morgan fingerprint density at radius 2 is 2.00 bits per heavy atom. The van der Waals surface area contributed by atoms with Crippen molar-refractivity contribution >= 4 is 35.7 Å². The van der Waals surface area contributed by atoms with Crippen LogP contribution in [0.5, 0.6) is 0 Å². The highest BCUT2D eigenvalue weighted by molar-refractivity contribution is 8.01. The van der Waals surface area contributed by atoms with Crippen LogP contribution in [0.3, 0.4) is 0 Å². The standard InChI is InChI=1S/C10H13N3S.ClH/c1-2-8-10(9(3-1)14-12-8)13-6-4-11-5-7-13;/h1-3,11-12H,4-7H2;1H. The summed E-state index contributed by atoms with van der Waals surface area (Å²) in [6, 6.07) is 6.45. The summed E-state index contributed by atoms with van der Waals surface area (Å²) in [6.07, 6.45) is 0. The number of para-hydroxylation sites is 1. The number of hydrogen-bond donors (Lipinski definition) is 2. The number of halogens is 1. The van der Waals surface area contributed by atoms with Crippen molar-refractivity contribution < 1.29 is 0 Å². The minimum atomic E-state index is 0. The van der Waals surface area contributed by atoms with Gasteiger partial charge in [0.1, 0.15) is 0 Å². The van der Waals surface area contributed by atoms with Gasteiger partial charge in [-0.25, -0.2) is 0 Å². The van der Waals surface area contributed by atoms with Gasteiger partial charge in [0, 0.05) is 26.2 Å². The van der Waals surface area contributed by atoms with Crippen molar-refractivity contribution in [2.75, 3.05) is 35.8 Å². The second kappa shape index (κ2) is 4.51. The molecule has 0 spiro atoms. The molecule has 0 unspecified atom stereocenters. The predicted octanol–water partition coefficient (Wildman–Crippen LogP) is 1.95. The summed E-state index contributed by atoms with van der Waals surface area (Å²) < 4.78 is 3.35. The molecule has 5 heteroatoms. The molecule has 3 nitrogen and oxygen atoms in total. The number of hydrogen-bond acceptors (Lipinski definition) is 4. The highest BCUT2D eigenvalue weighted by atomic mass is 35.5. The first-order valence-electron chi connectivity index (χ1n) is 4.97. The molecule has 0 amide bonds. The maximum atomic E-state index is 3.37. The Bertz CT molecular complexity index is 330. The summed E-state index contributed by atoms with van der Waals surface area (Å²) in [5, 5.41) is 3.37. The Morgan fingerprint density at radius 1 is 1.20 bits per heavy atom. The first-order chi connectivity index (χ1) is 6.95. The molecule has 0 aliphatic carbocycles. The average molecular weight is 244 g/mol. The van der Waals surface area contributed by atoms with Gasteiger partial charge in [0.05, 0.1) is 16.3 Å². The summed E-state index contributed by atoms with van der Waals surface area (Å²) in [6.45, 7) is 4.43. The first kappa shape index (κ1) is 10.9. The van der Waals surface area contributed by atoms with Gasteiger partial charge in [-0.1, -0.05) is 6.07 Å². The Kier molecular flexibility index (Phi) is 3.29. The quantitative estimate of drug-likeness (QED) is 0.738. The van der Waals surface area contributed by atoms with Crippen molar-refractivity contribution in [2.24, 2.45) is 0 Å². The topological polar surface area (TPSA) is 27.3 Å². The molecule has 1 fully saturated rings. The van der Waals surface area contributed by atoms with E-state index < -0.39 is 0 Å². The van der Waals surface area contributed by atoms with Crippen molar-refractivity contribution in [3.8, 4) is 0 Å². The third-order valence-corrected chi connectivity index (χ3v) is 3.57. The van der Waals surface area contributed by atoms with Gasteiger partial charge in [-0.3, -0.25) is 0 Å². The zero-order valence-electron chi connectivity index (χ0n) is 8.32. The summed E-state index contributed by atoms with van der Waals surface area (Å²) in [7, 11) is 0. The number of fused-ring (bicyclic) bond motifs is 2.